The minimum absolute atomic E-state index is 0.149. The average Bonchev–Trinajstić information content (AvgIpc) is 1.99. The van der Waals surface area contributed by atoms with Crippen LogP contribution in [0.25, 0.3) is 0 Å². The molecular weight excluding hydrogens is 232 g/mol. The van der Waals surface area contributed by atoms with Crippen molar-refractivity contribution in [3.8, 4) is 5.75 Å². The number of carboxylic acid groups (broad SMARTS) is 1. The minimum atomic E-state index is -1.73. The molecule has 0 saturated carbocycles. The van der Waals surface area contributed by atoms with Gasteiger partial charge in [0.05, 0.1) is 5.56 Å². The number of carboxylic acids is 1. The fourth-order valence-electron chi connectivity index (χ4n) is 1.10. The van der Waals surface area contributed by atoms with Gasteiger partial charge >= 0.3 is 5.97 Å². The van der Waals surface area contributed by atoms with E-state index in [1.54, 1.807) is 6.07 Å². The van der Waals surface area contributed by atoms with Crippen molar-refractivity contribution in [3.05, 3.63) is 28.8 Å². The molecule has 0 radical (unpaired) electrons. The van der Waals surface area contributed by atoms with E-state index in [0.29, 0.717) is 10.8 Å². The normalized spacial score (nSPS) is 11.2. The highest BCUT2D eigenvalue weighted by Crippen LogP contribution is 2.23. The Morgan fingerprint density at radius 2 is 1.93 bits per heavy atom. The van der Waals surface area contributed by atoms with Gasteiger partial charge in [-0.3, -0.25) is 0 Å². The summed E-state index contributed by atoms with van der Waals surface area (Å²) >= 11 is 5.80. The maximum absolute atomic E-state index is 10.8. The summed E-state index contributed by atoms with van der Waals surface area (Å²) in [6, 6.07) is 4.53. The molecule has 0 spiro atoms. The number of hydrogen-bond acceptors (Lipinski definition) is 2. The van der Waals surface area contributed by atoms with Crippen molar-refractivity contribution in [3.63, 3.8) is 0 Å². The number of aromatic carboxylic acids is 1. The van der Waals surface area contributed by atoms with Crippen molar-refractivity contribution < 1.29 is 14.3 Å². The molecule has 0 bridgehead atoms. The standard InChI is InChI=1S/C10H13ClO3Si/c1-15(2,3)14-9-5-7(10(12)13)4-8(11)6-9/h4-6H,1-3H3,(H,12,13). The maximum atomic E-state index is 10.8. The number of hydrogen-bond donors (Lipinski definition) is 1. The van der Waals surface area contributed by atoms with Crippen molar-refractivity contribution in [2.45, 2.75) is 19.6 Å². The molecule has 0 saturated heterocycles. The van der Waals surface area contributed by atoms with Gasteiger partial charge in [-0.2, -0.15) is 0 Å². The summed E-state index contributed by atoms with van der Waals surface area (Å²) in [6.45, 7) is 6.07. The van der Waals surface area contributed by atoms with Crippen molar-refractivity contribution >= 4 is 25.9 Å². The van der Waals surface area contributed by atoms with Crippen LogP contribution in [0.15, 0.2) is 18.2 Å². The lowest BCUT2D eigenvalue weighted by molar-refractivity contribution is 0.0696. The summed E-state index contributed by atoms with van der Waals surface area (Å²) in [4.78, 5) is 10.8. The van der Waals surface area contributed by atoms with Gasteiger partial charge in [-0.05, 0) is 37.8 Å². The number of rotatable bonds is 3. The van der Waals surface area contributed by atoms with E-state index >= 15 is 0 Å². The van der Waals surface area contributed by atoms with Crippen molar-refractivity contribution in [1.82, 2.24) is 0 Å². The zero-order chi connectivity index (χ0) is 11.6. The Bertz CT molecular complexity index is 385. The lowest BCUT2D eigenvalue weighted by Gasteiger charge is -2.19. The van der Waals surface area contributed by atoms with Crippen LogP contribution in [0.4, 0.5) is 0 Å². The van der Waals surface area contributed by atoms with E-state index in [4.69, 9.17) is 21.1 Å². The van der Waals surface area contributed by atoms with Gasteiger partial charge in [0.25, 0.3) is 0 Å². The second-order valence-electron chi connectivity index (χ2n) is 4.20. The monoisotopic (exact) mass is 244 g/mol. The van der Waals surface area contributed by atoms with Crippen molar-refractivity contribution in [2.75, 3.05) is 0 Å². The van der Waals surface area contributed by atoms with Crippen LogP contribution >= 0.6 is 11.6 Å². The van der Waals surface area contributed by atoms with Crippen LogP contribution in [0.2, 0.25) is 24.7 Å². The Morgan fingerprint density at radius 1 is 1.33 bits per heavy atom. The summed E-state index contributed by atoms with van der Waals surface area (Å²) in [5.41, 5.74) is 0.149. The summed E-state index contributed by atoms with van der Waals surface area (Å²) in [6.07, 6.45) is 0. The molecule has 0 fully saturated rings. The molecule has 0 amide bonds. The molecule has 82 valence electrons. The molecule has 5 heteroatoms. The third-order valence-electron chi connectivity index (χ3n) is 1.54. The third-order valence-corrected chi connectivity index (χ3v) is 2.61. The van der Waals surface area contributed by atoms with Crippen LogP contribution in [0.1, 0.15) is 10.4 Å². The lowest BCUT2D eigenvalue weighted by atomic mass is 10.2. The second kappa shape index (κ2) is 4.24. The Balaban J connectivity index is 3.04. The zero-order valence-electron chi connectivity index (χ0n) is 8.87. The van der Waals surface area contributed by atoms with Gasteiger partial charge in [0.2, 0.25) is 8.32 Å². The van der Waals surface area contributed by atoms with E-state index < -0.39 is 14.3 Å². The van der Waals surface area contributed by atoms with Gasteiger partial charge in [0.15, 0.2) is 0 Å². The molecule has 1 rings (SSSR count). The largest absolute Gasteiger partial charge is 0.544 e. The van der Waals surface area contributed by atoms with Crippen molar-refractivity contribution in [1.29, 1.82) is 0 Å². The third kappa shape index (κ3) is 3.93. The smallest absolute Gasteiger partial charge is 0.335 e. The van der Waals surface area contributed by atoms with E-state index in [1.807, 2.05) is 19.6 Å². The van der Waals surface area contributed by atoms with Crippen molar-refractivity contribution in [2.24, 2.45) is 0 Å². The van der Waals surface area contributed by atoms with Crippen LogP contribution in [0.5, 0.6) is 5.75 Å². The summed E-state index contributed by atoms with van der Waals surface area (Å²) < 4.78 is 5.66. The SMILES string of the molecule is C[Si](C)(C)Oc1cc(Cl)cc(C(=O)O)c1. The van der Waals surface area contributed by atoms with E-state index in [2.05, 4.69) is 0 Å². The highest BCUT2D eigenvalue weighted by atomic mass is 35.5. The Kier molecular flexibility index (Phi) is 3.41. The van der Waals surface area contributed by atoms with Gasteiger partial charge in [0, 0.05) is 5.02 Å². The fraction of sp³-hybridized carbons (Fsp3) is 0.300. The molecule has 3 nitrogen and oxygen atoms in total. The highest BCUT2D eigenvalue weighted by molar-refractivity contribution is 6.70. The first-order chi connectivity index (χ1) is 6.78. The molecule has 0 aliphatic heterocycles. The first-order valence-electron chi connectivity index (χ1n) is 4.51. The van der Waals surface area contributed by atoms with Crippen LogP contribution in [-0.2, 0) is 0 Å². The Labute approximate surface area is 94.8 Å². The van der Waals surface area contributed by atoms with Gasteiger partial charge in [-0.25, -0.2) is 4.79 Å². The molecule has 0 unspecified atom stereocenters. The fourth-order valence-corrected chi connectivity index (χ4v) is 2.15. The molecule has 0 aliphatic carbocycles. The molecule has 15 heavy (non-hydrogen) atoms. The maximum Gasteiger partial charge on any atom is 0.335 e. The first kappa shape index (κ1) is 12.1. The second-order valence-corrected chi connectivity index (χ2v) is 9.06. The number of carbonyl (C=O) groups is 1. The van der Waals surface area contributed by atoms with Crippen LogP contribution in [0.3, 0.4) is 0 Å². The predicted octanol–water partition coefficient (Wildman–Crippen LogP) is 3.25. The van der Waals surface area contributed by atoms with Gasteiger partial charge in [-0.15, -0.1) is 0 Å². The van der Waals surface area contributed by atoms with Crippen LogP contribution < -0.4 is 4.43 Å². The lowest BCUT2D eigenvalue weighted by Crippen LogP contribution is -2.29. The molecule has 1 N–H and O–H groups in total. The topological polar surface area (TPSA) is 46.5 Å². The van der Waals surface area contributed by atoms with Crippen LogP contribution in [-0.4, -0.2) is 19.4 Å². The van der Waals surface area contributed by atoms with E-state index in [1.165, 1.54) is 12.1 Å². The number of benzene rings is 1. The summed E-state index contributed by atoms with van der Waals surface area (Å²) in [7, 11) is -1.73. The average molecular weight is 245 g/mol. The van der Waals surface area contributed by atoms with Gasteiger partial charge in [0.1, 0.15) is 5.75 Å². The van der Waals surface area contributed by atoms with E-state index in [-0.39, 0.29) is 5.56 Å². The predicted molar refractivity (Wildman–Crippen MR) is 62.4 cm³/mol. The van der Waals surface area contributed by atoms with Crippen LogP contribution in [0, 0.1) is 0 Å². The van der Waals surface area contributed by atoms with Gasteiger partial charge < -0.3 is 9.53 Å². The molecule has 0 aromatic heterocycles. The Hall–Kier alpha value is -1.00. The van der Waals surface area contributed by atoms with E-state index in [0.717, 1.165) is 0 Å². The molecule has 0 aliphatic rings. The molecule has 1 aromatic rings. The molecule has 1 aromatic carbocycles. The molecular formula is C10H13ClO3Si. The first-order valence-corrected chi connectivity index (χ1v) is 8.29. The number of halogens is 1. The molecule has 0 heterocycles. The minimum Gasteiger partial charge on any atom is -0.544 e. The zero-order valence-corrected chi connectivity index (χ0v) is 10.6. The highest BCUT2D eigenvalue weighted by Gasteiger charge is 2.17. The molecule has 0 atom stereocenters. The van der Waals surface area contributed by atoms with E-state index in [9.17, 15) is 4.79 Å². The summed E-state index contributed by atoms with van der Waals surface area (Å²) in [5.74, 6) is -0.475. The summed E-state index contributed by atoms with van der Waals surface area (Å²) in [5, 5.41) is 9.21. The van der Waals surface area contributed by atoms with Gasteiger partial charge in [-0.1, -0.05) is 11.6 Å². The Morgan fingerprint density at radius 3 is 2.40 bits per heavy atom. The quantitative estimate of drug-likeness (QED) is 0.831.